The van der Waals surface area contributed by atoms with Gasteiger partial charge in [0.2, 0.25) is 11.3 Å². The van der Waals surface area contributed by atoms with E-state index in [2.05, 4.69) is 15.9 Å². The number of hydrogen-bond donors (Lipinski definition) is 0. The summed E-state index contributed by atoms with van der Waals surface area (Å²) in [6.07, 6.45) is 0. The fourth-order valence-corrected chi connectivity index (χ4v) is 5.96. The second kappa shape index (κ2) is 9.06. The molecule has 2 aromatic rings. The minimum absolute atomic E-state index is 0.0964. The van der Waals surface area contributed by atoms with Crippen LogP contribution in [0.15, 0.2) is 54.6 Å². The molecule has 1 fully saturated rings. The van der Waals surface area contributed by atoms with Crippen LogP contribution in [0.5, 0.6) is 0 Å². The van der Waals surface area contributed by atoms with Gasteiger partial charge >= 0.3 is 11.9 Å². The van der Waals surface area contributed by atoms with Crippen molar-refractivity contribution in [2.45, 2.75) is 30.6 Å². The summed E-state index contributed by atoms with van der Waals surface area (Å²) < 4.78 is 10.9. The minimum atomic E-state index is -1.83. The molecule has 0 aromatic heterocycles. The second-order valence-electron chi connectivity index (χ2n) is 8.08. The van der Waals surface area contributed by atoms with E-state index in [1.165, 1.54) is 0 Å². The summed E-state index contributed by atoms with van der Waals surface area (Å²) in [6.45, 7) is 4.40. The van der Waals surface area contributed by atoms with Crippen LogP contribution in [0.2, 0.25) is 0 Å². The van der Waals surface area contributed by atoms with E-state index in [9.17, 15) is 14.4 Å². The Labute approximate surface area is 196 Å². The van der Waals surface area contributed by atoms with Gasteiger partial charge in [-0.3, -0.25) is 14.4 Å². The smallest absolute Gasteiger partial charge is 0.328 e. The van der Waals surface area contributed by atoms with Crippen LogP contribution < -0.4 is 0 Å². The van der Waals surface area contributed by atoms with Crippen LogP contribution in [-0.2, 0) is 35.8 Å². The van der Waals surface area contributed by atoms with E-state index in [0.29, 0.717) is 18.7 Å². The highest BCUT2D eigenvalue weighted by Crippen LogP contribution is 2.56. The third kappa shape index (κ3) is 3.43. The quantitative estimate of drug-likeness (QED) is 0.343. The number of hydrogen-bond acceptors (Lipinski definition) is 5. The molecule has 0 spiro atoms. The summed E-state index contributed by atoms with van der Waals surface area (Å²) >= 11 is 3.78. The zero-order valence-electron chi connectivity index (χ0n) is 18.1. The van der Waals surface area contributed by atoms with Gasteiger partial charge in [0, 0.05) is 23.8 Å². The van der Waals surface area contributed by atoms with Crippen molar-refractivity contribution in [2.75, 3.05) is 19.8 Å². The van der Waals surface area contributed by atoms with Crippen molar-refractivity contribution in [1.29, 1.82) is 0 Å². The summed E-state index contributed by atoms with van der Waals surface area (Å²) in [6, 6.07) is 17.0. The number of likely N-dealkylation sites (tertiary alicyclic amines) is 1. The third-order valence-electron chi connectivity index (χ3n) is 6.37. The maximum absolute atomic E-state index is 13.8. The lowest BCUT2D eigenvalue weighted by Gasteiger charge is -2.43. The largest absolute Gasteiger partial charge is 0.465 e. The molecular formula is C25H26BrNO5. The maximum Gasteiger partial charge on any atom is 0.328 e. The molecule has 1 aliphatic carbocycles. The van der Waals surface area contributed by atoms with Crippen LogP contribution in [0.25, 0.3) is 0 Å². The van der Waals surface area contributed by atoms with E-state index in [1.807, 2.05) is 42.5 Å². The number of ether oxygens (including phenoxy) is 2. The number of halogens is 1. The summed E-state index contributed by atoms with van der Waals surface area (Å²) in [5, 5.41) is 0. The average molecular weight is 500 g/mol. The number of rotatable bonds is 6. The van der Waals surface area contributed by atoms with Gasteiger partial charge in [-0.15, -0.1) is 0 Å². The van der Waals surface area contributed by atoms with Gasteiger partial charge in [0.05, 0.1) is 19.1 Å². The molecule has 3 atom stereocenters. The first kappa shape index (κ1) is 22.5. The van der Waals surface area contributed by atoms with E-state index >= 15 is 0 Å². The van der Waals surface area contributed by atoms with Gasteiger partial charge in [-0.25, -0.2) is 0 Å². The summed E-state index contributed by atoms with van der Waals surface area (Å²) in [4.78, 5) is 42.5. The number of carbonyl (C=O) groups excluding carboxylic acids is 3. The van der Waals surface area contributed by atoms with Crippen LogP contribution in [0, 0.1) is 11.8 Å². The summed E-state index contributed by atoms with van der Waals surface area (Å²) in [5.74, 6) is -2.90. The Morgan fingerprint density at radius 1 is 1.00 bits per heavy atom. The van der Waals surface area contributed by atoms with Gasteiger partial charge in [0.25, 0.3) is 0 Å². The maximum atomic E-state index is 13.8. The standard InChI is InChI=1S/C25H26BrNO5/c1-3-31-23(29)25(24(30)32-4-2)19-13-9-8-12-17(19)21(26)18-15-27(22(28)20(18)25)14-16-10-6-5-7-11-16/h5-13,18,20-21H,3-4,14-15H2,1-2H3/t18-,20-,21+/m0/s1. The van der Waals surface area contributed by atoms with Crippen molar-refractivity contribution in [2.24, 2.45) is 11.8 Å². The lowest BCUT2D eigenvalue weighted by Crippen LogP contribution is -2.58. The highest BCUT2D eigenvalue weighted by molar-refractivity contribution is 9.09. The third-order valence-corrected chi connectivity index (χ3v) is 7.55. The molecule has 2 aliphatic rings. The van der Waals surface area contributed by atoms with Crippen LogP contribution in [0.1, 0.15) is 35.4 Å². The molecule has 1 saturated heterocycles. The van der Waals surface area contributed by atoms with Crippen molar-refractivity contribution in [3.8, 4) is 0 Å². The molecule has 0 saturated carbocycles. The van der Waals surface area contributed by atoms with Crippen molar-refractivity contribution in [1.82, 2.24) is 4.90 Å². The van der Waals surface area contributed by atoms with Crippen LogP contribution >= 0.6 is 15.9 Å². The molecular weight excluding hydrogens is 474 g/mol. The fraction of sp³-hybridized carbons (Fsp3) is 0.400. The predicted molar refractivity (Wildman–Crippen MR) is 122 cm³/mol. The van der Waals surface area contributed by atoms with Crippen LogP contribution in [-0.4, -0.2) is 42.5 Å². The van der Waals surface area contributed by atoms with Crippen molar-refractivity contribution < 1.29 is 23.9 Å². The molecule has 7 heteroatoms. The molecule has 0 bridgehead atoms. The van der Waals surface area contributed by atoms with Gasteiger partial charge in [-0.05, 0) is 30.5 Å². The first-order valence-electron chi connectivity index (χ1n) is 10.9. The van der Waals surface area contributed by atoms with E-state index < -0.39 is 23.3 Å². The Morgan fingerprint density at radius 2 is 1.59 bits per heavy atom. The van der Waals surface area contributed by atoms with E-state index in [1.54, 1.807) is 30.9 Å². The molecule has 1 amide bonds. The topological polar surface area (TPSA) is 72.9 Å². The Morgan fingerprint density at radius 3 is 2.22 bits per heavy atom. The fourth-order valence-electron chi connectivity index (χ4n) is 5.09. The molecule has 0 radical (unpaired) electrons. The lowest BCUT2D eigenvalue weighted by molar-refractivity contribution is -0.172. The number of fused-ring (bicyclic) bond motifs is 2. The Hall–Kier alpha value is -2.67. The zero-order valence-corrected chi connectivity index (χ0v) is 19.7. The highest BCUT2D eigenvalue weighted by Gasteiger charge is 2.68. The Bertz CT molecular complexity index is 1010. The normalized spacial score (nSPS) is 23.3. The molecule has 0 unspecified atom stereocenters. The van der Waals surface area contributed by atoms with E-state index in [0.717, 1.165) is 11.1 Å². The SMILES string of the molecule is CCOC(=O)C1(C(=O)OCC)c2ccccc2[C@@H](Br)[C@H]2CN(Cc3ccccc3)C(=O)[C@H]21. The monoisotopic (exact) mass is 499 g/mol. The first-order valence-corrected chi connectivity index (χ1v) is 11.8. The van der Waals surface area contributed by atoms with Gasteiger partial charge in [0.1, 0.15) is 0 Å². The second-order valence-corrected chi connectivity index (χ2v) is 9.07. The lowest BCUT2D eigenvalue weighted by atomic mass is 9.59. The molecule has 168 valence electrons. The Kier molecular flexibility index (Phi) is 6.38. The number of alkyl halides is 1. The van der Waals surface area contributed by atoms with Crippen LogP contribution in [0.4, 0.5) is 0 Å². The van der Waals surface area contributed by atoms with E-state index in [4.69, 9.17) is 9.47 Å². The van der Waals surface area contributed by atoms with Crippen LogP contribution in [0.3, 0.4) is 0 Å². The number of benzene rings is 2. The summed E-state index contributed by atoms with van der Waals surface area (Å²) in [7, 11) is 0. The number of nitrogens with zero attached hydrogens (tertiary/aromatic N) is 1. The Balaban J connectivity index is 1.87. The molecule has 4 rings (SSSR count). The number of esters is 2. The molecule has 6 nitrogen and oxygen atoms in total. The molecule has 1 heterocycles. The minimum Gasteiger partial charge on any atom is -0.465 e. The van der Waals surface area contributed by atoms with Crippen molar-refractivity contribution >= 4 is 33.8 Å². The molecule has 0 N–H and O–H groups in total. The van der Waals surface area contributed by atoms with Crippen molar-refractivity contribution in [3.05, 3.63) is 71.3 Å². The van der Waals surface area contributed by atoms with Crippen molar-refractivity contribution in [3.63, 3.8) is 0 Å². The predicted octanol–water partition coefficient (Wildman–Crippen LogP) is 3.78. The zero-order chi connectivity index (χ0) is 22.9. The first-order chi connectivity index (χ1) is 15.5. The van der Waals surface area contributed by atoms with Gasteiger partial charge in [-0.2, -0.15) is 0 Å². The van der Waals surface area contributed by atoms with Gasteiger partial charge in [0.15, 0.2) is 0 Å². The molecule has 2 aromatic carbocycles. The molecule has 32 heavy (non-hydrogen) atoms. The summed E-state index contributed by atoms with van der Waals surface area (Å²) in [5.41, 5.74) is 0.445. The van der Waals surface area contributed by atoms with Gasteiger partial charge in [-0.1, -0.05) is 70.5 Å². The highest BCUT2D eigenvalue weighted by atomic mass is 79.9. The van der Waals surface area contributed by atoms with Gasteiger partial charge < -0.3 is 14.4 Å². The molecule has 1 aliphatic heterocycles. The number of amides is 1. The van der Waals surface area contributed by atoms with E-state index in [-0.39, 0.29) is 29.9 Å². The number of carbonyl (C=O) groups is 3. The average Bonchev–Trinajstić information content (AvgIpc) is 3.12.